The van der Waals surface area contributed by atoms with E-state index in [9.17, 15) is 4.79 Å². The molecule has 1 aliphatic heterocycles. The molecule has 0 unspecified atom stereocenters. The highest BCUT2D eigenvalue weighted by molar-refractivity contribution is 7.15. The predicted molar refractivity (Wildman–Crippen MR) is 81.6 cm³/mol. The Balaban J connectivity index is 1.75. The van der Waals surface area contributed by atoms with Crippen LogP contribution in [0.3, 0.4) is 0 Å². The monoisotopic (exact) mass is 297 g/mol. The maximum atomic E-state index is 11.7. The zero-order valence-corrected chi connectivity index (χ0v) is 13.1. The van der Waals surface area contributed by atoms with Gasteiger partial charge in [0, 0.05) is 11.4 Å². The highest BCUT2D eigenvalue weighted by Gasteiger charge is 2.16. The van der Waals surface area contributed by atoms with Crippen molar-refractivity contribution < 1.29 is 9.53 Å². The first-order valence-corrected chi connectivity index (χ1v) is 8.13. The minimum Gasteiger partial charge on any atom is -0.461 e. The standard InChI is InChI=1S/C14H23N3O2S/c1-3-19-13(18)12-11(2)20-14(16-12)15-7-6-10-17-8-4-5-9-17/h3-10H2,1-2H3,(H,15,16). The normalized spacial score (nSPS) is 15.5. The molecular weight excluding hydrogens is 274 g/mol. The number of nitrogens with one attached hydrogen (secondary N) is 1. The molecule has 0 radical (unpaired) electrons. The van der Waals surface area contributed by atoms with Gasteiger partial charge in [0.25, 0.3) is 0 Å². The SMILES string of the molecule is CCOC(=O)c1nc(NCCCN2CCCC2)sc1C. The summed E-state index contributed by atoms with van der Waals surface area (Å²) >= 11 is 1.51. The van der Waals surface area contributed by atoms with Crippen molar-refractivity contribution >= 4 is 22.4 Å². The number of esters is 1. The second kappa shape index (κ2) is 7.59. The van der Waals surface area contributed by atoms with E-state index in [0.29, 0.717) is 12.3 Å². The molecule has 0 bridgehead atoms. The van der Waals surface area contributed by atoms with E-state index in [1.807, 2.05) is 6.92 Å². The van der Waals surface area contributed by atoms with Crippen molar-refractivity contribution in [2.75, 3.05) is 38.1 Å². The van der Waals surface area contributed by atoms with Crippen molar-refractivity contribution in [3.8, 4) is 0 Å². The number of likely N-dealkylation sites (tertiary alicyclic amines) is 1. The fraction of sp³-hybridized carbons (Fsp3) is 0.714. The zero-order chi connectivity index (χ0) is 14.4. The molecule has 0 saturated carbocycles. The van der Waals surface area contributed by atoms with E-state index in [1.165, 1.54) is 37.3 Å². The van der Waals surface area contributed by atoms with Gasteiger partial charge in [-0.2, -0.15) is 0 Å². The molecule has 1 aromatic heterocycles. The van der Waals surface area contributed by atoms with Gasteiger partial charge >= 0.3 is 5.97 Å². The van der Waals surface area contributed by atoms with Crippen molar-refractivity contribution in [1.82, 2.24) is 9.88 Å². The number of carbonyl (C=O) groups excluding carboxylic acids is 1. The van der Waals surface area contributed by atoms with Crippen molar-refractivity contribution in [3.05, 3.63) is 10.6 Å². The summed E-state index contributed by atoms with van der Waals surface area (Å²) in [6.07, 6.45) is 3.78. The molecule has 1 N–H and O–H groups in total. The van der Waals surface area contributed by atoms with Gasteiger partial charge in [-0.3, -0.25) is 0 Å². The Labute approximate surface area is 124 Å². The van der Waals surface area contributed by atoms with Crippen LogP contribution in [-0.2, 0) is 4.74 Å². The topological polar surface area (TPSA) is 54.5 Å². The lowest BCUT2D eigenvalue weighted by Gasteiger charge is -2.13. The first-order valence-electron chi connectivity index (χ1n) is 7.31. The Morgan fingerprint density at radius 1 is 1.45 bits per heavy atom. The second-order valence-electron chi connectivity index (χ2n) is 4.97. The van der Waals surface area contributed by atoms with Gasteiger partial charge in [0.05, 0.1) is 6.61 Å². The van der Waals surface area contributed by atoms with Gasteiger partial charge in [-0.25, -0.2) is 9.78 Å². The number of anilines is 1. The number of ether oxygens (including phenoxy) is 1. The van der Waals surface area contributed by atoms with Crippen molar-refractivity contribution in [2.24, 2.45) is 0 Å². The number of nitrogens with zero attached hydrogens (tertiary/aromatic N) is 2. The van der Waals surface area contributed by atoms with Gasteiger partial charge in [-0.15, -0.1) is 11.3 Å². The molecule has 1 aliphatic rings. The fourth-order valence-corrected chi connectivity index (χ4v) is 3.19. The Kier molecular flexibility index (Phi) is 5.79. The van der Waals surface area contributed by atoms with E-state index in [0.717, 1.165) is 29.5 Å². The summed E-state index contributed by atoms with van der Waals surface area (Å²) in [6, 6.07) is 0. The van der Waals surface area contributed by atoms with E-state index in [4.69, 9.17) is 4.74 Å². The van der Waals surface area contributed by atoms with E-state index < -0.39 is 0 Å². The number of aromatic nitrogens is 1. The van der Waals surface area contributed by atoms with Gasteiger partial charge in [0.15, 0.2) is 10.8 Å². The number of thiazole rings is 1. The summed E-state index contributed by atoms with van der Waals surface area (Å²) < 4.78 is 4.99. The number of aryl methyl sites for hydroxylation is 1. The maximum absolute atomic E-state index is 11.7. The molecule has 0 aliphatic carbocycles. The van der Waals surface area contributed by atoms with Crippen LogP contribution in [0.25, 0.3) is 0 Å². The molecule has 2 heterocycles. The minimum atomic E-state index is -0.327. The lowest BCUT2D eigenvalue weighted by Crippen LogP contribution is -2.22. The fourth-order valence-electron chi connectivity index (χ4n) is 2.37. The Bertz CT molecular complexity index is 442. The Hall–Kier alpha value is -1.14. The number of rotatable bonds is 7. The van der Waals surface area contributed by atoms with E-state index in [1.54, 1.807) is 6.92 Å². The molecule has 1 aromatic rings. The quantitative estimate of drug-likeness (QED) is 0.619. The first-order chi connectivity index (χ1) is 9.70. The third-order valence-electron chi connectivity index (χ3n) is 3.39. The molecule has 0 atom stereocenters. The second-order valence-corrected chi connectivity index (χ2v) is 6.18. The summed E-state index contributed by atoms with van der Waals surface area (Å²) in [5, 5.41) is 4.11. The van der Waals surface area contributed by atoms with Crippen LogP contribution in [0, 0.1) is 6.92 Å². The van der Waals surface area contributed by atoms with E-state index >= 15 is 0 Å². The molecule has 0 spiro atoms. The molecule has 1 fully saturated rings. The summed E-state index contributed by atoms with van der Waals surface area (Å²) in [5.74, 6) is -0.327. The molecular formula is C14H23N3O2S. The summed E-state index contributed by atoms with van der Waals surface area (Å²) in [4.78, 5) is 19.4. The van der Waals surface area contributed by atoms with Crippen LogP contribution in [0.1, 0.15) is 41.6 Å². The number of hydrogen-bond donors (Lipinski definition) is 1. The summed E-state index contributed by atoms with van der Waals surface area (Å²) in [7, 11) is 0. The maximum Gasteiger partial charge on any atom is 0.358 e. The minimum absolute atomic E-state index is 0.327. The molecule has 112 valence electrons. The Morgan fingerprint density at radius 3 is 2.90 bits per heavy atom. The molecule has 0 aromatic carbocycles. The average molecular weight is 297 g/mol. The van der Waals surface area contributed by atoms with Crippen LogP contribution in [-0.4, -0.2) is 48.6 Å². The van der Waals surface area contributed by atoms with Crippen LogP contribution in [0.15, 0.2) is 0 Å². The lowest BCUT2D eigenvalue weighted by molar-refractivity contribution is 0.0519. The van der Waals surface area contributed by atoms with Gasteiger partial charge in [-0.05, 0) is 52.7 Å². The van der Waals surface area contributed by atoms with Gasteiger partial charge < -0.3 is 15.0 Å². The third kappa shape index (κ3) is 4.18. The van der Waals surface area contributed by atoms with Crippen LogP contribution >= 0.6 is 11.3 Å². The van der Waals surface area contributed by atoms with E-state index in [2.05, 4.69) is 15.2 Å². The molecule has 1 saturated heterocycles. The Morgan fingerprint density at radius 2 is 2.20 bits per heavy atom. The van der Waals surface area contributed by atoms with Crippen molar-refractivity contribution in [3.63, 3.8) is 0 Å². The van der Waals surface area contributed by atoms with E-state index in [-0.39, 0.29) is 5.97 Å². The van der Waals surface area contributed by atoms with Crippen LogP contribution in [0.2, 0.25) is 0 Å². The molecule has 0 amide bonds. The molecule has 6 heteroatoms. The average Bonchev–Trinajstić information content (AvgIpc) is 3.04. The molecule has 20 heavy (non-hydrogen) atoms. The molecule has 2 rings (SSSR count). The van der Waals surface area contributed by atoms with Crippen LogP contribution < -0.4 is 5.32 Å². The predicted octanol–water partition coefficient (Wildman–Crippen LogP) is 2.53. The molecule has 5 nitrogen and oxygen atoms in total. The van der Waals surface area contributed by atoms with Crippen molar-refractivity contribution in [2.45, 2.75) is 33.1 Å². The van der Waals surface area contributed by atoms with Crippen molar-refractivity contribution in [1.29, 1.82) is 0 Å². The largest absolute Gasteiger partial charge is 0.461 e. The smallest absolute Gasteiger partial charge is 0.358 e. The van der Waals surface area contributed by atoms with Gasteiger partial charge in [0.1, 0.15) is 0 Å². The van der Waals surface area contributed by atoms with Crippen LogP contribution in [0.4, 0.5) is 5.13 Å². The third-order valence-corrected chi connectivity index (χ3v) is 4.32. The number of hydrogen-bond acceptors (Lipinski definition) is 6. The van der Waals surface area contributed by atoms with Crippen LogP contribution in [0.5, 0.6) is 0 Å². The van der Waals surface area contributed by atoms with Gasteiger partial charge in [-0.1, -0.05) is 0 Å². The van der Waals surface area contributed by atoms with Gasteiger partial charge in [0.2, 0.25) is 0 Å². The zero-order valence-electron chi connectivity index (χ0n) is 12.3. The highest BCUT2D eigenvalue weighted by Crippen LogP contribution is 2.22. The summed E-state index contributed by atoms with van der Waals surface area (Å²) in [5.41, 5.74) is 0.443. The first kappa shape index (κ1) is 15.3. The summed E-state index contributed by atoms with van der Waals surface area (Å²) in [6.45, 7) is 8.60. The highest BCUT2D eigenvalue weighted by atomic mass is 32.1. The number of carbonyl (C=O) groups is 1. The lowest BCUT2D eigenvalue weighted by atomic mass is 10.4.